The Bertz CT molecular complexity index is 341. The fraction of sp³-hybridized carbons (Fsp3) is 0.400. The van der Waals surface area contributed by atoms with Crippen LogP contribution in [0.3, 0.4) is 0 Å². The Hall–Kier alpha value is -1.09. The Labute approximate surface area is 87.7 Å². The number of amides is 1. The van der Waals surface area contributed by atoms with Crippen molar-refractivity contribution in [1.29, 1.82) is 0 Å². The van der Waals surface area contributed by atoms with Crippen molar-refractivity contribution in [3.05, 3.63) is 30.1 Å². The van der Waals surface area contributed by atoms with Crippen LogP contribution in [-0.2, 0) is 4.79 Å². The molecule has 0 N–H and O–H groups in total. The average Bonchev–Trinajstić information content (AvgIpc) is 2.43. The Morgan fingerprint density at radius 1 is 1.64 bits per heavy atom. The number of hydrogen-bond acceptors (Lipinski definition) is 2. The number of rotatable bonds is 1. The second kappa shape index (κ2) is 3.58. The Kier molecular flexibility index (Phi) is 2.42. The van der Waals surface area contributed by atoms with Crippen molar-refractivity contribution in [1.82, 2.24) is 9.88 Å². The van der Waals surface area contributed by atoms with E-state index in [-0.39, 0.29) is 17.3 Å². The van der Waals surface area contributed by atoms with Crippen LogP contribution < -0.4 is 0 Å². The van der Waals surface area contributed by atoms with Gasteiger partial charge in [0, 0.05) is 25.9 Å². The number of aromatic nitrogens is 1. The zero-order chi connectivity index (χ0) is 10.1. The van der Waals surface area contributed by atoms with Crippen LogP contribution in [0.2, 0.25) is 0 Å². The quantitative estimate of drug-likeness (QED) is 0.660. The van der Waals surface area contributed by atoms with E-state index in [0.717, 1.165) is 5.56 Å². The van der Waals surface area contributed by atoms with E-state index in [1.54, 1.807) is 24.3 Å². The zero-order valence-corrected chi connectivity index (χ0v) is 8.61. The number of halogens is 1. The lowest BCUT2D eigenvalue weighted by Crippen LogP contribution is -2.24. The fourth-order valence-electron chi connectivity index (χ4n) is 1.80. The first-order valence-corrected chi connectivity index (χ1v) is 4.93. The largest absolute Gasteiger partial charge is 0.337 e. The van der Waals surface area contributed by atoms with Gasteiger partial charge >= 0.3 is 0 Å². The second-order valence-electron chi connectivity index (χ2n) is 3.46. The van der Waals surface area contributed by atoms with Gasteiger partial charge in [-0.3, -0.25) is 9.78 Å². The molecule has 2 unspecified atom stereocenters. The van der Waals surface area contributed by atoms with Crippen LogP contribution in [0.15, 0.2) is 24.5 Å². The fourth-order valence-corrected chi connectivity index (χ4v) is 2.25. The summed E-state index contributed by atoms with van der Waals surface area (Å²) in [5.41, 5.74) is 1.00. The molecular weight excluding hydrogens is 200 g/mol. The maximum Gasteiger partial charge on any atom is 0.224 e. The number of carbonyl (C=O) groups excluding carboxylic acids is 1. The van der Waals surface area contributed by atoms with Crippen LogP contribution in [0.1, 0.15) is 18.0 Å². The van der Waals surface area contributed by atoms with E-state index < -0.39 is 0 Å². The van der Waals surface area contributed by atoms with Gasteiger partial charge in [0.05, 0.1) is 11.4 Å². The van der Waals surface area contributed by atoms with Gasteiger partial charge in [-0.25, -0.2) is 0 Å². The van der Waals surface area contributed by atoms with Crippen LogP contribution in [0.4, 0.5) is 0 Å². The normalized spacial score (nSPS) is 27.0. The van der Waals surface area contributed by atoms with Crippen LogP contribution in [0, 0.1) is 0 Å². The molecule has 0 radical (unpaired) electrons. The van der Waals surface area contributed by atoms with Gasteiger partial charge in [-0.05, 0) is 11.6 Å². The maximum absolute atomic E-state index is 11.4. The molecule has 14 heavy (non-hydrogen) atoms. The molecule has 1 aromatic heterocycles. The van der Waals surface area contributed by atoms with Crippen LogP contribution in [-0.4, -0.2) is 28.2 Å². The summed E-state index contributed by atoms with van der Waals surface area (Å²) >= 11 is 6.11. The molecule has 0 spiro atoms. The van der Waals surface area contributed by atoms with Gasteiger partial charge in [0.15, 0.2) is 0 Å². The lowest BCUT2D eigenvalue weighted by Gasteiger charge is -2.21. The molecule has 1 aliphatic heterocycles. The molecule has 1 fully saturated rings. The Morgan fingerprint density at radius 2 is 2.43 bits per heavy atom. The van der Waals surface area contributed by atoms with Gasteiger partial charge in [0.1, 0.15) is 0 Å². The van der Waals surface area contributed by atoms with Crippen LogP contribution >= 0.6 is 11.6 Å². The third kappa shape index (κ3) is 1.48. The first-order chi connectivity index (χ1) is 6.70. The number of carbonyl (C=O) groups is 1. The third-order valence-corrected chi connectivity index (χ3v) is 2.94. The minimum atomic E-state index is -0.142. The van der Waals surface area contributed by atoms with Crippen molar-refractivity contribution < 1.29 is 4.79 Å². The van der Waals surface area contributed by atoms with E-state index >= 15 is 0 Å². The topological polar surface area (TPSA) is 33.2 Å². The number of pyridine rings is 1. The number of hydrogen-bond donors (Lipinski definition) is 0. The summed E-state index contributed by atoms with van der Waals surface area (Å²) in [5, 5.41) is -0.142. The summed E-state index contributed by atoms with van der Waals surface area (Å²) < 4.78 is 0. The molecule has 1 amide bonds. The number of likely N-dealkylation sites (tertiary alicyclic amines) is 1. The summed E-state index contributed by atoms with van der Waals surface area (Å²) in [5.74, 6) is 0.0962. The van der Waals surface area contributed by atoms with Crippen LogP contribution in [0.5, 0.6) is 0 Å². The van der Waals surface area contributed by atoms with Crippen molar-refractivity contribution in [2.75, 3.05) is 7.05 Å². The van der Waals surface area contributed by atoms with Gasteiger partial charge in [-0.15, -0.1) is 11.6 Å². The first-order valence-electron chi connectivity index (χ1n) is 4.50. The monoisotopic (exact) mass is 210 g/mol. The smallest absolute Gasteiger partial charge is 0.224 e. The molecule has 3 nitrogen and oxygen atoms in total. The average molecular weight is 211 g/mol. The van der Waals surface area contributed by atoms with Gasteiger partial charge in [-0.2, -0.15) is 0 Å². The van der Waals surface area contributed by atoms with E-state index in [0.29, 0.717) is 6.42 Å². The zero-order valence-electron chi connectivity index (χ0n) is 7.85. The van der Waals surface area contributed by atoms with E-state index in [2.05, 4.69) is 4.98 Å². The van der Waals surface area contributed by atoms with Crippen molar-refractivity contribution in [3.63, 3.8) is 0 Å². The summed E-state index contributed by atoms with van der Waals surface area (Å²) in [4.78, 5) is 17.1. The molecule has 2 atom stereocenters. The van der Waals surface area contributed by atoms with Crippen LogP contribution in [0.25, 0.3) is 0 Å². The molecule has 0 bridgehead atoms. The van der Waals surface area contributed by atoms with Crippen molar-refractivity contribution >= 4 is 17.5 Å². The molecule has 1 aromatic rings. The number of alkyl halides is 1. The van der Waals surface area contributed by atoms with E-state index in [1.165, 1.54) is 0 Å². The molecular formula is C10H11ClN2O. The highest BCUT2D eigenvalue weighted by Crippen LogP contribution is 2.34. The van der Waals surface area contributed by atoms with E-state index in [1.807, 2.05) is 12.1 Å². The molecule has 0 saturated carbocycles. The first kappa shape index (κ1) is 9.46. The standard InChI is InChI=1S/C10H11ClN2O/c1-13-9(14)5-8(11)10(13)7-3-2-4-12-6-7/h2-4,6,8,10H,5H2,1H3. The molecule has 2 rings (SSSR count). The van der Waals surface area contributed by atoms with Crippen molar-refractivity contribution in [2.24, 2.45) is 0 Å². The van der Waals surface area contributed by atoms with Gasteiger partial charge in [0.25, 0.3) is 0 Å². The number of nitrogens with zero attached hydrogens (tertiary/aromatic N) is 2. The third-order valence-electron chi connectivity index (χ3n) is 2.55. The Balaban J connectivity index is 2.31. The van der Waals surface area contributed by atoms with Gasteiger partial charge in [-0.1, -0.05) is 6.07 Å². The lowest BCUT2D eigenvalue weighted by molar-refractivity contribution is -0.127. The predicted molar refractivity (Wildman–Crippen MR) is 54.0 cm³/mol. The highest BCUT2D eigenvalue weighted by molar-refractivity contribution is 6.23. The Morgan fingerprint density at radius 3 is 2.93 bits per heavy atom. The lowest BCUT2D eigenvalue weighted by atomic mass is 10.1. The molecule has 1 aliphatic rings. The van der Waals surface area contributed by atoms with E-state index in [9.17, 15) is 4.79 Å². The highest BCUT2D eigenvalue weighted by Gasteiger charge is 2.37. The molecule has 0 aliphatic carbocycles. The maximum atomic E-state index is 11.4. The minimum Gasteiger partial charge on any atom is -0.337 e. The molecule has 74 valence electrons. The van der Waals surface area contributed by atoms with Crippen molar-refractivity contribution in [2.45, 2.75) is 17.8 Å². The molecule has 0 aromatic carbocycles. The molecule has 4 heteroatoms. The minimum absolute atomic E-state index is 0.0298. The molecule has 1 saturated heterocycles. The van der Waals surface area contributed by atoms with Crippen molar-refractivity contribution in [3.8, 4) is 0 Å². The van der Waals surface area contributed by atoms with Gasteiger partial charge < -0.3 is 4.90 Å². The van der Waals surface area contributed by atoms with Gasteiger partial charge in [0.2, 0.25) is 5.91 Å². The second-order valence-corrected chi connectivity index (χ2v) is 4.02. The summed E-state index contributed by atoms with van der Waals surface area (Å²) in [7, 11) is 1.78. The summed E-state index contributed by atoms with van der Waals surface area (Å²) in [6, 6.07) is 3.77. The molecule has 2 heterocycles. The summed E-state index contributed by atoms with van der Waals surface area (Å²) in [6.07, 6.45) is 3.89. The highest BCUT2D eigenvalue weighted by atomic mass is 35.5. The van der Waals surface area contributed by atoms with E-state index in [4.69, 9.17) is 11.6 Å². The SMILES string of the molecule is CN1C(=O)CC(Cl)C1c1cccnc1. The summed E-state index contributed by atoms with van der Waals surface area (Å²) in [6.45, 7) is 0. The predicted octanol–water partition coefficient (Wildman–Crippen LogP) is 1.59.